The lowest BCUT2D eigenvalue weighted by molar-refractivity contribution is 0.109. The second-order valence-electron chi connectivity index (χ2n) is 7.51. The Kier molecular flexibility index (Phi) is 3.68. The van der Waals surface area contributed by atoms with Crippen LogP contribution in [0, 0.1) is 0 Å². The van der Waals surface area contributed by atoms with Crippen molar-refractivity contribution in [1.82, 2.24) is 9.97 Å². The maximum Gasteiger partial charge on any atom is 0.0728 e. The van der Waals surface area contributed by atoms with Gasteiger partial charge in [-0.25, -0.2) is 0 Å². The summed E-state index contributed by atoms with van der Waals surface area (Å²) in [5, 5.41) is 5.02. The molecule has 2 N–H and O–H groups in total. The van der Waals surface area contributed by atoms with Crippen LogP contribution < -0.4 is 0 Å². The number of fused-ring (bicyclic) bond motifs is 6. The number of para-hydroxylation sites is 2. The summed E-state index contributed by atoms with van der Waals surface area (Å²) in [4.78, 5) is 7.02. The summed E-state index contributed by atoms with van der Waals surface area (Å²) in [6.45, 7) is 1.16. The summed E-state index contributed by atoms with van der Waals surface area (Å²) >= 11 is 0. The third-order valence-electron chi connectivity index (χ3n) is 5.75. The number of nitrogens with one attached hydrogen (secondary N) is 2. The SMILES string of the molecule is c1ccc2c(c1)[nH]c1cccc(COCc3cccc4[nH]c5ccccc5c34)c12. The molecule has 0 fully saturated rings. The highest BCUT2D eigenvalue weighted by Gasteiger charge is 2.11. The lowest BCUT2D eigenvalue weighted by atomic mass is 10.1. The summed E-state index contributed by atoms with van der Waals surface area (Å²) in [5.74, 6) is 0. The Labute approximate surface area is 167 Å². The lowest BCUT2D eigenvalue weighted by Gasteiger charge is -2.08. The topological polar surface area (TPSA) is 40.8 Å². The molecule has 0 atom stereocenters. The second kappa shape index (κ2) is 6.50. The summed E-state index contributed by atoms with van der Waals surface area (Å²) in [7, 11) is 0. The average molecular weight is 376 g/mol. The molecule has 2 aromatic heterocycles. The number of aromatic amines is 2. The Morgan fingerprint density at radius 2 is 0.931 bits per heavy atom. The van der Waals surface area contributed by atoms with Gasteiger partial charge in [0.15, 0.2) is 0 Å². The van der Waals surface area contributed by atoms with E-state index < -0.39 is 0 Å². The predicted octanol–water partition coefficient (Wildman–Crippen LogP) is 6.67. The standard InChI is InChI=1S/C26H20N2O/c1-3-11-21-19(9-1)25-17(7-5-13-23(25)27-21)15-29-16-18-8-6-14-24-26(18)20-10-2-4-12-22(20)28-24/h1-14,27-28H,15-16H2. The first-order valence-electron chi connectivity index (χ1n) is 9.93. The summed E-state index contributed by atoms with van der Waals surface area (Å²) in [5.41, 5.74) is 7.08. The van der Waals surface area contributed by atoms with Gasteiger partial charge in [0, 0.05) is 43.6 Å². The van der Waals surface area contributed by atoms with E-state index in [4.69, 9.17) is 4.74 Å². The van der Waals surface area contributed by atoms with Gasteiger partial charge in [-0.15, -0.1) is 0 Å². The molecule has 0 spiro atoms. The molecule has 0 unspecified atom stereocenters. The van der Waals surface area contributed by atoms with Gasteiger partial charge in [-0.1, -0.05) is 60.7 Å². The molecule has 0 aliphatic rings. The van der Waals surface area contributed by atoms with E-state index in [-0.39, 0.29) is 0 Å². The molecule has 6 aromatic rings. The molecule has 0 aliphatic carbocycles. The Bertz CT molecular complexity index is 1380. The minimum absolute atomic E-state index is 0.581. The molecule has 6 rings (SSSR count). The minimum atomic E-state index is 0.581. The van der Waals surface area contributed by atoms with Crippen molar-refractivity contribution in [1.29, 1.82) is 0 Å². The number of H-pyrrole nitrogens is 2. The molecule has 3 nitrogen and oxygen atoms in total. The maximum absolute atomic E-state index is 6.23. The van der Waals surface area contributed by atoms with Crippen LogP contribution in [0.1, 0.15) is 11.1 Å². The third-order valence-corrected chi connectivity index (χ3v) is 5.75. The van der Waals surface area contributed by atoms with Crippen LogP contribution >= 0.6 is 0 Å². The van der Waals surface area contributed by atoms with Gasteiger partial charge < -0.3 is 14.7 Å². The fourth-order valence-electron chi connectivity index (χ4n) is 4.47. The molecule has 0 amide bonds. The maximum atomic E-state index is 6.23. The molecular formula is C26H20N2O. The molecule has 2 heterocycles. The van der Waals surface area contributed by atoms with Crippen molar-refractivity contribution in [2.75, 3.05) is 0 Å². The first kappa shape index (κ1) is 16.4. The zero-order valence-corrected chi connectivity index (χ0v) is 15.9. The highest BCUT2D eigenvalue weighted by molar-refractivity contribution is 6.09. The van der Waals surface area contributed by atoms with E-state index in [1.807, 2.05) is 0 Å². The normalized spacial score (nSPS) is 11.9. The van der Waals surface area contributed by atoms with Crippen LogP contribution in [0.2, 0.25) is 0 Å². The van der Waals surface area contributed by atoms with Crippen LogP contribution in [-0.2, 0) is 18.0 Å². The monoisotopic (exact) mass is 376 g/mol. The number of rotatable bonds is 4. The van der Waals surface area contributed by atoms with Gasteiger partial charge in [0.2, 0.25) is 0 Å². The highest BCUT2D eigenvalue weighted by atomic mass is 16.5. The van der Waals surface area contributed by atoms with E-state index in [9.17, 15) is 0 Å². The van der Waals surface area contributed by atoms with Gasteiger partial charge in [-0.3, -0.25) is 0 Å². The van der Waals surface area contributed by atoms with Gasteiger partial charge >= 0.3 is 0 Å². The lowest BCUT2D eigenvalue weighted by Crippen LogP contribution is -1.95. The van der Waals surface area contributed by atoms with Gasteiger partial charge in [0.25, 0.3) is 0 Å². The van der Waals surface area contributed by atoms with Crippen LogP contribution in [0.4, 0.5) is 0 Å². The molecule has 0 saturated heterocycles. The fraction of sp³-hybridized carbons (Fsp3) is 0.0769. The fourth-order valence-corrected chi connectivity index (χ4v) is 4.47. The molecule has 0 aliphatic heterocycles. The van der Waals surface area contributed by atoms with Crippen molar-refractivity contribution in [2.24, 2.45) is 0 Å². The minimum Gasteiger partial charge on any atom is -0.372 e. The summed E-state index contributed by atoms with van der Waals surface area (Å²) in [6.07, 6.45) is 0. The zero-order valence-electron chi connectivity index (χ0n) is 15.9. The van der Waals surface area contributed by atoms with E-state index in [2.05, 4.69) is 94.9 Å². The van der Waals surface area contributed by atoms with Crippen molar-refractivity contribution in [3.63, 3.8) is 0 Å². The molecule has 0 saturated carbocycles. The van der Waals surface area contributed by atoms with E-state index in [0.717, 1.165) is 11.0 Å². The van der Waals surface area contributed by atoms with Gasteiger partial charge in [-0.05, 0) is 35.4 Å². The first-order chi connectivity index (χ1) is 14.4. The Morgan fingerprint density at radius 1 is 0.483 bits per heavy atom. The Balaban J connectivity index is 1.35. The number of aromatic nitrogens is 2. The summed E-state index contributed by atoms with van der Waals surface area (Å²) < 4.78 is 6.23. The van der Waals surface area contributed by atoms with E-state index >= 15 is 0 Å². The smallest absolute Gasteiger partial charge is 0.0728 e. The predicted molar refractivity (Wildman–Crippen MR) is 120 cm³/mol. The van der Waals surface area contributed by atoms with Crippen molar-refractivity contribution in [3.8, 4) is 0 Å². The average Bonchev–Trinajstić information content (AvgIpc) is 3.33. The number of hydrogen-bond acceptors (Lipinski definition) is 1. The Morgan fingerprint density at radius 3 is 1.45 bits per heavy atom. The van der Waals surface area contributed by atoms with Gasteiger partial charge in [-0.2, -0.15) is 0 Å². The second-order valence-corrected chi connectivity index (χ2v) is 7.51. The molecule has 29 heavy (non-hydrogen) atoms. The Hall–Kier alpha value is -3.56. The van der Waals surface area contributed by atoms with Crippen LogP contribution in [-0.4, -0.2) is 9.97 Å². The highest BCUT2D eigenvalue weighted by Crippen LogP contribution is 2.31. The first-order valence-corrected chi connectivity index (χ1v) is 9.93. The van der Waals surface area contributed by atoms with Crippen LogP contribution in [0.25, 0.3) is 43.6 Å². The van der Waals surface area contributed by atoms with Gasteiger partial charge in [0.1, 0.15) is 0 Å². The van der Waals surface area contributed by atoms with Crippen LogP contribution in [0.3, 0.4) is 0 Å². The van der Waals surface area contributed by atoms with Crippen LogP contribution in [0.15, 0.2) is 84.9 Å². The molecule has 140 valence electrons. The summed E-state index contributed by atoms with van der Waals surface area (Å²) in [6, 6.07) is 29.7. The molecule has 4 aromatic carbocycles. The van der Waals surface area contributed by atoms with Crippen molar-refractivity contribution < 1.29 is 4.74 Å². The van der Waals surface area contributed by atoms with Crippen molar-refractivity contribution >= 4 is 43.6 Å². The quantitative estimate of drug-likeness (QED) is 0.354. The molecule has 3 heteroatoms. The van der Waals surface area contributed by atoms with Crippen molar-refractivity contribution in [3.05, 3.63) is 96.1 Å². The van der Waals surface area contributed by atoms with Crippen LogP contribution in [0.5, 0.6) is 0 Å². The largest absolute Gasteiger partial charge is 0.372 e. The van der Waals surface area contributed by atoms with Crippen molar-refractivity contribution in [2.45, 2.75) is 13.2 Å². The molecule has 0 bridgehead atoms. The number of ether oxygens (including phenoxy) is 1. The van der Waals surface area contributed by atoms with E-state index in [0.29, 0.717) is 13.2 Å². The number of benzene rings is 4. The molecule has 0 radical (unpaired) electrons. The van der Waals surface area contributed by atoms with E-state index in [1.54, 1.807) is 0 Å². The molecular weight excluding hydrogens is 356 g/mol. The van der Waals surface area contributed by atoms with Gasteiger partial charge in [0.05, 0.1) is 13.2 Å². The van der Waals surface area contributed by atoms with E-state index in [1.165, 1.54) is 43.7 Å². The third kappa shape index (κ3) is 2.63. The number of hydrogen-bond donors (Lipinski definition) is 2. The zero-order chi connectivity index (χ0) is 19.2.